The third kappa shape index (κ3) is 49.4. The first-order valence-electron chi connectivity index (χ1n) is 27.8. The molecule has 370 valence electrons. The number of hydrogen-bond donors (Lipinski definition) is 3. The predicted molar refractivity (Wildman–Crippen MR) is 273 cm³/mol. The molecule has 0 aromatic carbocycles. The molecule has 0 aliphatic rings. The number of rotatable bonds is 51. The Morgan fingerprint density at radius 1 is 0.444 bits per heavy atom. The summed E-state index contributed by atoms with van der Waals surface area (Å²) in [5, 5.41) is 23.1. The van der Waals surface area contributed by atoms with Crippen molar-refractivity contribution in [3.8, 4) is 0 Å². The smallest absolute Gasteiger partial charge is 0.305 e. The van der Waals surface area contributed by atoms with Crippen molar-refractivity contribution in [1.82, 2.24) is 5.32 Å². The number of esters is 1. The van der Waals surface area contributed by atoms with Crippen LogP contribution in [0.3, 0.4) is 0 Å². The summed E-state index contributed by atoms with van der Waals surface area (Å²) >= 11 is 0. The van der Waals surface area contributed by atoms with Gasteiger partial charge in [-0.25, -0.2) is 0 Å². The highest BCUT2D eigenvalue weighted by Gasteiger charge is 2.18. The SMILES string of the molecule is CCCCCCCCCCCCCCCC/C=C/C(O)C(CO)NC(=O)CCCCCCCCC/C=C\C/C=C\CCCCCOC(=O)CCCCCCCCCCCCCCC. The minimum atomic E-state index is -0.855. The molecule has 3 N–H and O–H groups in total. The van der Waals surface area contributed by atoms with Crippen LogP contribution in [0, 0.1) is 0 Å². The summed E-state index contributed by atoms with van der Waals surface area (Å²) in [5.74, 6) is -0.0987. The Morgan fingerprint density at radius 3 is 1.21 bits per heavy atom. The number of unbranched alkanes of at least 4 members (excludes halogenated alkanes) is 36. The lowest BCUT2D eigenvalue weighted by Gasteiger charge is -2.20. The zero-order valence-electron chi connectivity index (χ0n) is 42.1. The molecular weight excluding hydrogens is 779 g/mol. The first-order chi connectivity index (χ1) is 31.0. The number of aliphatic hydroxyl groups is 2. The summed E-state index contributed by atoms with van der Waals surface area (Å²) in [6.45, 7) is 4.86. The molecule has 0 radical (unpaired) electrons. The van der Waals surface area contributed by atoms with E-state index in [0.717, 1.165) is 83.5 Å². The fourth-order valence-electron chi connectivity index (χ4n) is 8.37. The molecule has 0 saturated heterocycles. The van der Waals surface area contributed by atoms with Gasteiger partial charge < -0.3 is 20.3 Å². The van der Waals surface area contributed by atoms with Crippen molar-refractivity contribution < 1.29 is 24.5 Å². The van der Waals surface area contributed by atoms with Gasteiger partial charge in [0, 0.05) is 12.8 Å². The van der Waals surface area contributed by atoms with E-state index in [0.29, 0.717) is 19.4 Å². The maximum atomic E-state index is 12.4. The number of nitrogens with one attached hydrogen (secondary N) is 1. The Hall–Kier alpha value is -1.92. The normalized spacial score (nSPS) is 12.9. The molecule has 0 saturated carbocycles. The summed E-state index contributed by atoms with van der Waals surface area (Å²) in [7, 11) is 0. The maximum absolute atomic E-state index is 12.4. The molecule has 0 aliphatic carbocycles. The largest absolute Gasteiger partial charge is 0.466 e. The molecule has 6 heteroatoms. The fourth-order valence-corrected chi connectivity index (χ4v) is 8.37. The number of carbonyl (C=O) groups is 2. The summed E-state index contributed by atoms with van der Waals surface area (Å²) in [4.78, 5) is 24.4. The molecular formula is C57H107NO5. The lowest BCUT2D eigenvalue weighted by molar-refractivity contribution is -0.143. The van der Waals surface area contributed by atoms with E-state index in [2.05, 4.69) is 43.5 Å². The molecule has 0 aliphatic heterocycles. The highest BCUT2D eigenvalue weighted by molar-refractivity contribution is 5.76. The van der Waals surface area contributed by atoms with Crippen LogP contribution in [0.2, 0.25) is 0 Å². The zero-order valence-corrected chi connectivity index (χ0v) is 42.1. The minimum absolute atomic E-state index is 0.0152. The van der Waals surface area contributed by atoms with Gasteiger partial charge in [0.1, 0.15) is 0 Å². The van der Waals surface area contributed by atoms with Crippen LogP contribution in [0.25, 0.3) is 0 Å². The summed E-state index contributed by atoms with van der Waals surface area (Å²) in [6.07, 6.45) is 64.4. The van der Waals surface area contributed by atoms with Crippen LogP contribution in [-0.4, -0.2) is 47.4 Å². The molecule has 0 bridgehead atoms. The molecule has 0 spiro atoms. The number of hydrogen-bond acceptors (Lipinski definition) is 5. The summed E-state index contributed by atoms with van der Waals surface area (Å²) in [5.41, 5.74) is 0. The van der Waals surface area contributed by atoms with Crippen molar-refractivity contribution in [2.24, 2.45) is 0 Å². The second-order valence-corrected chi connectivity index (χ2v) is 18.9. The van der Waals surface area contributed by atoms with Crippen LogP contribution in [-0.2, 0) is 14.3 Å². The van der Waals surface area contributed by atoms with Gasteiger partial charge >= 0.3 is 5.97 Å². The van der Waals surface area contributed by atoms with Gasteiger partial charge in [-0.3, -0.25) is 9.59 Å². The van der Waals surface area contributed by atoms with Crippen molar-refractivity contribution in [1.29, 1.82) is 0 Å². The van der Waals surface area contributed by atoms with E-state index in [1.54, 1.807) is 6.08 Å². The van der Waals surface area contributed by atoms with Crippen molar-refractivity contribution in [2.45, 2.75) is 302 Å². The molecule has 0 fully saturated rings. The highest BCUT2D eigenvalue weighted by Crippen LogP contribution is 2.16. The number of carbonyl (C=O) groups excluding carboxylic acids is 2. The van der Waals surface area contributed by atoms with Crippen LogP contribution in [0.1, 0.15) is 290 Å². The Morgan fingerprint density at radius 2 is 0.794 bits per heavy atom. The first-order valence-corrected chi connectivity index (χ1v) is 27.8. The van der Waals surface area contributed by atoms with E-state index in [1.807, 2.05) is 6.08 Å². The van der Waals surface area contributed by atoms with Gasteiger partial charge in [0.25, 0.3) is 0 Å². The first kappa shape index (κ1) is 61.1. The van der Waals surface area contributed by atoms with Gasteiger partial charge in [-0.1, -0.05) is 243 Å². The van der Waals surface area contributed by atoms with Crippen LogP contribution < -0.4 is 5.32 Å². The van der Waals surface area contributed by atoms with E-state index >= 15 is 0 Å². The Balaban J connectivity index is 3.53. The molecule has 0 aromatic heterocycles. The highest BCUT2D eigenvalue weighted by atomic mass is 16.5. The maximum Gasteiger partial charge on any atom is 0.305 e. The van der Waals surface area contributed by atoms with Gasteiger partial charge in [-0.15, -0.1) is 0 Å². The average molecular weight is 886 g/mol. The second-order valence-electron chi connectivity index (χ2n) is 18.9. The Bertz CT molecular complexity index is 1020. The monoisotopic (exact) mass is 886 g/mol. The van der Waals surface area contributed by atoms with Crippen LogP contribution in [0.5, 0.6) is 0 Å². The second kappa shape index (κ2) is 52.7. The molecule has 0 aromatic rings. The van der Waals surface area contributed by atoms with Gasteiger partial charge in [0.15, 0.2) is 0 Å². The molecule has 63 heavy (non-hydrogen) atoms. The predicted octanol–water partition coefficient (Wildman–Crippen LogP) is 16.9. The van der Waals surface area contributed by atoms with Crippen LogP contribution in [0.15, 0.2) is 36.5 Å². The van der Waals surface area contributed by atoms with Gasteiger partial charge in [-0.2, -0.15) is 0 Å². The third-order valence-electron chi connectivity index (χ3n) is 12.7. The van der Waals surface area contributed by atoms with E-state index < -0.39 is 12.1 Å². The van der Waals surface area contributed by atoms with E-state index in [-0.39, 0.29) is 18.5 Å². The van der Waals surface area contributed by atoms with Gasteiger partial charge in [0.05, 0.1) is 25.4 Å². The fraction of sp³-hybridized carbons (Fsp3) is 0.860. The number of ether oxygens (including phenoxy) is 1. The van der Waals surface area contributed by atoms with Crippen molar-refractivity contribution >= 4 is 11.9 Å². The van der Waals surface area contributed by atoms with E-state index in [4.69, 9.17) is 4.74 Å². The molecule has 1 amide bonds. The number of amides is 1. The van der Waals surface area contributed by atoms with Crippen molar-refractivity contribution in [3.63, 3.8) is 0 Å². The Labute approximate surface area is 392 Å². The molecule has 2 atom stereocenters. The Kier molecular flexibility index (Phi) is 51.1. The van der Waals surface area contributed by atoms with E-state index in [1.165, 1.54) is 180 Å². The standard InChI is InChI=1S/C57H107NO5/c1-3-5-7-9-11-13-15-17-18-22-26-29-33-37-41-45-49-55(60)54(53-59)58-56(61)50-46-42-38-34-30-27-23-20-19-21-24-28-32-36-40-44-48-52-63-57(62)51-47-43-39-35-31-25-16-14-12-10-8-6-4-2/h19,21,28,32,45,49,54-55,59-60H,3-18,20,22-27,29-31,33-44,46-48,50-53H2,1-2H3,(H,58,61)/b21-19-,32-28-,49-45+. The summed E-state index contributed by atoms with van der Waals surface area (Å²) < 4.78 is 5.44. The van der Waals surface area contributed by atoms with Crippen LogP contribution >= 0.6 is 0 Å². The minimum Gasteiger partial charge on any atom is -0.466 e. The summed E-state index contributed by atoms with van der Waals surface area (Å²) in [6, 6.07) is -0.640. The molecule has 0 heterocycles. The molecule has 0 rings (SSSR count). The third-order valence-corrected chi connectivity index (χ3v) is 12.7. The van der Waals surface area contributed by atoms with E-state index in [9.17, 15) is 19.8 Å². The zero-order chi connectivity index (χ0) is 45.8. The number of aliphatic hydroxyl groups excluding tert-OH is 2. The van der Waals surface area contributed by atoms with Crippen molar-refractivity contribution in [2.75, 3.05) is 13.2 Å². The molecule has 2 unspecified atom stereocenters. The van der Waals surface area contributed by atoms with Gasteiger partial charge in [0.2, 0.25) is 5.91 Å². The lowest BCUT2D eigenvalue weighted by Crippen LogP contribution is -2.45. The number of allylic oxidation sites excluding steroid dienone is 5. The quantitative estimate of drug-likeness (QED) is 0.0321. The topological polar surface area (TPSA) is 95.9 Å². The van der Waals surface area contributed by atoms with Crippen molar-refractivity contribution in [3.05, 3.63) is 36.5 Å². The lowest BCUT2D eigenvalue weighted by atomic mass is 10.0. The molecule has 6 nitrogen and oxygen atoms in total. The van der Waals surface area contributed by atoms with Gasteiger partial charge in [-0.05, 0) is 70.6 Å². The average Bonchev–Trinajstić information content (AvgIpc) is 3.28. The van der Waals surface area contributed by atoms with Crippen LogP contribution in [0.4, 0.5) is 0 Å².